The highest BCUT2D eigenvalue weighted by Crippen LogP contribution is 2.16. The number of piperidine rings is 1. The summed E-state index contributed by atoms with van der Waals surface area (Å²) in [4.78, 5) is 14.0. The summed E-state index contributed by atoms with van der Waals surface area (Å²) in [5, 5.41) is 3.58. The molecule has 1 N–H and O–H groups in total. The number of benzene rings is 1. The first kappa shape index (κ1) is 16.1. The van der Waals surface area contributed by atoms with E-state index in [1.165, 1.54) is 12.8 Å². The molecule has 5 heteroatoms. The van der Waals surface area contributed by atoms with Gasteiger partial charge in [0.1, 0.15) is 12.4 Å². The van der Waals surface area contributed by atoms with Crippen LogP contribution in [0.1, 0.15) is 19.8 Å². The SMILES string of the molecule is CC1CCN(CC(=O)NCCOc2ccc(Cl)cc2)CC1. The fourth-order valence-electron chi connectivity index (χ4n) is 2.37. The molecule has 4 nitrogen and oxygen atoms in total. The van der Waals surface area contributed by atoms with Gasteiger partial charge in [-0.3, -0.25) is 9.69 Å². The molecule has 1 aliphatic heterocycles. The van der Waals surface area contributed by atoms with Gasteiger partial charge in [0, 0.05) is 5.02 Å². The Morgan fingerprint density at radius 1 is 1.33 bits per heavy atom. The fourth-order valence-corrected chi connectivity index (χ4v) is 2.50. The number of carbonyl (C=O) groups is 1. The quantitative estimate of drug-likeness (QED) is 0.821. The molecule has 0 saturated carbocycles. The number of ether oxygens (including phenoxy) is 1. The van der Waals surface area contributed by atoms with Gasteiger partial charge in [-0.25, -0.2) is 0 Å². The molecule has 0 bridgehead atoms. The molecule has 2 rings (SSSR count). The van der Waals surface area contributed by atoms with Crippen LogP contribution in [-0.4, -0.2) is 43.6 Å². The van der Waals surface area contributed by atoms with Crippen molar-refractivity contribution in [2.24, 2.45) is 5.92 Å². The molecule has 0 aliphatic carbocycles. The molecule has 1 fully saturated rings. The van der Waals surface area contributed by atoms with Crippen LogP contribution in [0.3, 0.4) is 0 Å². The molecule has 0 spiro atoms. The maximum Gasteiger partial charge on any atom is 0.234 e. The lowest BCUT2D eigenvalue weighted by atomic mass is 9.99. The average Bonchev–Trinajstić information content (AvgIpc) is 2.48. The largest absolute Gasteiger partial charge is 0.492 e. The van der Waals surface area contributed by atoms with E-state index in [2.05, 4.69) is 17.1 Å². The molecular weight excluding hydrogens is 288 g/mol. The molecular formula is C16H23ClN2O2. The third-order valence-corrected chi connectivity index (χ3v) is 4.00. The Morgan fingerprint density at radius 3 is 2.67 bits per heavy atom. The predicted molar refractivity (Wildman–Crippen MR) is 84.8 cm³/mol. The number of halogens is 1. The van der Waals surface area contributed by atoms with Crippen molar-refractivity contribution in [2.75, 3.05) is 32.8 Å². The molecule has 1 heterocycles. The summed E-state index contributed by atoms with van der Waals surface area (Å²) in [7, 11) is 0. The van der Waals surface area contributed by atoms with Crippen LogP contribution in [-0.2, 0) is 4.79 Å². The third kappa shape index (κ3) is 5.94. The van der Waals surface area contributed by atoms with Crippen molar-refractivity contribution in [3.8, 4) is 5.75 Å². The van der Waals surface area contributed by atoms with Gasteiger partial charge >= 0.3 is 0 Å². The highest BCUT2D eigenvalue weighted by Gasteiger charge is 2.17. The van der Waals surface area contributed by atoms with Gasteiger partial charge in [-0.1, -0.05) is 18.5 Å². The summed E-state index contributed by atoms with van der Waals surface area (Å²) in [6, 6.07) is 7.21. The molecule has 1 aliphatic rings. The molecule has 0 unspecified atom stereocenters. The zero-order valence-corrected chi connectivity index (χ0v) is 13.2. The molecule has 1 saturated heterocycles. The molecule has 0 atom stereocenters. The number of amides is 1. The summed E-state index contributed by atoms with van der Waals surface area (Å²) in [5.41, 5.74) is 0. The van der Waals surface area contributed by atoms with E-state index in [-0.39, 0.29) is 5.91 Å². The summed E-state index contributed by atoms with van der Waals surface area (Å²) in [6.07, 6.45) is 2.37. The van der Waals surface area contributed by atoms with E-state index in [1.807, 2.05) is 12.1 Å². The molecule has 0 aromatic heterocycles. The van der Waals surface area contributed by atoms with E-state index in [4.69, 9.17) is 16.3 Å². The lowest BCUT2D eigenvalue weighted by Crippen LogP contribution is -2.42. The van der Waals surface area contributed by atoms with Gasteiger partial charge < -0.3 is 10.1 Å². The van der Waals surface area contributed by atoms with E-state index >= 15 is 0 Å². The third-order valence-electron chi connectivity index (χ3n) is 3.75. The lowest BCUT2D eigenvalue weighted by molar-refractivity contribution is -0.122. The predicted octanol–water partition coefficient (Wildman–Crippen LogP) is 2.57. The van der Waals surface area contributed by atoms with Crippen LogP contribution < -0.4 is 10.1 Å². The number of nitrogens with zero attached hydrogens (tertiary/aromatic N) is 1. The first-order chi connectivity index (χ1) is 10.1. The number of hydrogen-bond acceptors (Lipinski definition) is 3. The first-order valence-corrected chi connectivity index (χ1v) is 7.88. The minimum atomic E-state index is 0.0734. The fraction of sp³-hybridized carbons (Fsp3) is 0.562. The van der Waals surface area contributed by atoms with Crippen LogP contribution in [0.25, 0.3) is 0 Å². The van der Waals surface area contributed by atoms with Gasteiger partial charge in [0.2, 0.25) is 5.91 Å². The van der Waals surface area contributed by atoms with Gasteiger partial charge in [0.25, 0.3) is 0 Å². The van der Waals surface area contributed by atoms with Crippen LogP contribution in [0.2, 0.25) is 5.02 Å². The van der Waals surface area contributed by atoms with Gasteiger partial charge in [0.15, 0.2) is 0 Å². The second-order valence-electron chi connectivity index (χ2n) is 5.61. The Kier molecular flexibility index (Phi) is 6.33. The maximum atomic E-state index is 11.8. The van der Waals surface area contributed by atoms with Crippen molar-refractivity contribution >= 4 is 17.5 Å². The number of likely N-dealkylation sites (tertiary alicyclic amines) is 1. The van der Waals surface area contributed by atoms with Gasteiger partial charge in [-0.2, -0.15) is 0 Å². The number of carbonyl (C=O) groups excluding carboxylic acids is 1. The highest BCUT2D eigenvalue weighted by atomic mass is 35.5. The van der Waals surface area contributed by atoms with Crippen molar-refractivity contribution in [2.45, 2.75) is 19.8 Å². The molecule has 1 amide bonds. The van der Waals surface area contributed by atoms with Crippen molar-refractivity contribution in [3.05, 3.63) is 29.3 Å². The minimum Gasteiger partial charge on any atom is -0.492 e. The van der Waals surface area contributed by atoms with Gasteiger partial charge in [-0.05, 0) is 56.1 Å². The van der Waals surface area contributed by atoms with E-state index in [0.717, 1.165) is 24.8 Å². The van der Waals surface area contributed by atoms with Crippen molar-refractivity contribution in [1.29, 1.82) is 0 Å². The summed E-state index contributed by atoms with van der Waals surface area (Å²) >= 11 is 5.80. The highest BCUT2D eigenvalue weighted by molar-refractivity contribution is 6.30. The Balaban J connectivity index is 1.58. The van der Waals surface area contributed by atoms with E-state index < -0.39 is 0 Å². The van der Waals surface area contributed by atoms with Crippen LogP contribution >= 0.6 is 11.6 Å². The first-order valence-electron chi connectivity index (χ1n) is 7.51. The molecule has 21 heavy (non-hydrogen) atoms. The standard InChI is InChI=1S/C16H23ClN2O2/c1-13-6-9-19(10-7-13)12-16(20)18-8-11-21-15-4-2-14(17)3-5-15/h2-5,13H,6-12H2,1H3,(H,18,20). The monoisotopic (exact) mass is 310 g/mol. The van der Waals surface area contributed by atoms with Crippen molar-refractivity contribution < 1.29 is 9.53 Å². The van der Waals surface area contributed by atoms with E-state index in [0.29, 0.717) is 24.7 Å². The van der Waals surface area contributed by atoms with Gasteiger partial charge in [0.05, 0.1) is 13.1 Å². The Morgan fingerprint density at radius 2 is 2.00 bits per heavy atom. The lowest BCUT2D eigenvalue weighted by Gasteiger charge is -2.29. The van der Waals surface area contributed by atoms with Gasteiger partial charge in [-0.15, -0.1) is 0 Å². The normalized spacial score (nSPS) is 16.7. The molecule has 1 aromatic rings. The Hall–Kier alpha value is -1.26. The average molecular weight is 311 g/mol. The van der Waals surface area contributed by atoms with Crippen molar-refractivity contribution in [1.82, 2.24) is 10.2 Å². The number of rotatable bonds is 6. The van der Waals surface area contributed by atoms with Crippen LogP contribution in [0.15, 0.2) is 24.3 Å². The van der Waals surface area contributed by atoms with E-state index in [9.17, 15) is 4.79 Å². The summed E-state index contributed by atoms with van der Waals surface area (Å²) in [5.74, 6) is 1.63. The second kappa shape index (κ2) is 8.25. The molecule has 1 aromatic carbocycles. The van der Waals surface area contributed by atoms with Crippen LogP contribution in [0.5, 0.6) is 5.75 Å². The number of nitrogens with one attached hydrogen (secondary N) is 1. The van der Waals surface area contributed by atoms with Crippen LogP contribution in [0.4, 0.5) is 0 Å². The maximum absolute atomic E-state index is 11.8. The smallest absolute Gasteiger partial charge is 0.234 e. The van der Waals surface area contributed by atoms with E-state index in [1.54, 1.807) is 12.1 Å². The zero-order chi connectivity index (χ0) is 15.1. The minimum absolute atomic E-state index is 0.0734. The zero-order valence-electron chi connectivity index (χ0n) is 12.5. The molecule has 116 valence electrons. The Bertz CT molecular complexity index is 442. The summed E-state index contributed by atoms with van der Waals surface area (Å²) in [6.45, 7) is 5.79. The van der Waals surface area contributed by atoms with Crippen molar-refractivity contribution in [3.63, 3.8) is 0 Å². The summed E-state index contributed by atoms with van der Waals surface area (Å²) < 4.78 is 5.53. The van der Waals surface area contributed by atoms with Crippen LogP contribution in [0, 0.1) is 5.92 Å². The molecule has 0 radical (unpaired) electrons. The second-order valence-corrected chi connectivity index (χ2v) is 6.05. The number of hydrogen-bond donors (Lipinski definition) is 1. The Labute approximate surface area is 131 Å². The topological polar surface area (TPSA) is 41.6 Å².